The van der Waals surface area contributed by atoms with Crippen LogP contribution in [0.2, 0.25) is 0 Å². The molecule has 0 saturated carbocycles. The number of hydrogen-bond donors (Lipinski definition) is 2. The number of likely N-dealkylation sites (N-methyl/N-ethyl adjacent to an activating group) is 1. The number of carbonyl (C=O) groups excluding carboxylic acids is 3. The highest BCUT2D eigenvalue weighted by atomic mass is 16.2. The van der Waals surface area contributed by atoms with Crippen LogP contribution in [0.1, 0.15) is 44.9 Å². The molecule has 27 heavy (non-hydrogen) atoms. The van der Waals surface area contributed by atoms with Gasteiger partial charge in [0.15, 0.2) is 0 Å². The summed E-state index contributed by atoms with van der Waals surface area (Å²) in [4.78, 5) is 37.1. The smallest absolute Gasteiger partial charge is 0.248 e. The Hall–Kier alpha value is -2.69. The molecule has 143 valence electrons. The lowest BCUT2D eigenvalue weighted by molar-refractivity contribution is -0.119. The number of allylic oxidation sites excluding steroid dienone is 7. The van der Waals surface area contributed by atoms with Crippen molar-refractivity contribution in [3.63, 3.8) is 0 Å². The van der Waals surface area contributed by atoms with Gasteiger partial charge < -0.3 is 10.6 Å². The maximum Gasteiger partial charge on any atom is 0.248 e. The molecule has 0 aromatic heterocycles. The van der Waals surface area contributed by atoms with Gasteiger partial charge in [-0.3, -0.25) is 14.4 Å². The van der Waals surface area contributed by atoms with Gasteiger partial charge in [-0.15, -0.1) is 0 Å². The van der Waals surface area contributed by atoms with Crippen LogP contribution in [0, 0.1) is 6.42 Å². The van der Waals surface area contributed by atoms with E-state index in [4.69, 9.17) is 0 Å². The molecule has 0 saturated heterocycles. The van der Waals surface area contributed by atoms with Crippen molar-refractivity contribution < 1.29 is 14.4 Å². The minimum Gasteiger partial charge on any atom is -0.385 e. The van der Waals surface area contributed by atoms with Crippen molar-refractivity contribution in [1.82, 2.24) is 10.6 Å². The monoisotopic (exact) mass is 367 g/mol. The van der Waals surface area contributed by atoms with Crippen LogP contribution in [-0.4, -0.2) is 24.5 Å². The lowest BCUT2D eigenvalue weighted by atomic mass is 9.92. The van der Waals surface area contributed by atoms with E-state index >= 15 is 0 Å². The minimum atomic E-state index is -0.430. The number of ketones is 2. The Morgan fingerprint density at radius 2 is 1.78 bits per heavy atom. The highest BCUT2D eigenvalue weighted by molar-refractivity contribution is 6.23. The third kappa shape index (κ3) is 6.51. The van der Waals surface area contributed by atoms with E-state index in [1.54, 1.807) is 19.2 Å². The van der Waals surface area contributed by atoms with Crippen LogP contribution in [0.5, 0.6) is 0 Å². The van der Waals surface area contributed by atoms with Gasteiger partial charge in [0.1, 0.15) is 0 Å². The number of hydrogen-bond acceptors (Lipinski definition) is 4. The molecule has 1 aliphatic heterocycles. The summed E-state index contributed by atoms with van der Waals surface area (Å²) in [6, 6.07) is 0. The van der Waals surface area contributed by atoms with Crippen LogP contribution in [0.4, 0.5) is 0 Å². The zero-order chi connectivity index (χ0) is 19.5. The summed E-state index contributed by atoms with van der Waals surface area (Å²) in [6.07, 6.45) is 20.6. The Morgan fingerprint density at radius 3 is 2.59 bits per heavy atom. The van der Waals surface area contributed by atoms with E-state index in [-0.39, 0.29) is 17.3 Å². The van der Waals surface area contributed by atoms with Crippen LogP contribution >= 0.6 is 0 Å². The molecule has 0 aromatic carbocycles. The largest absolute Gasteiger partial charge is 0.385 e. The van der Waals surface area contributed by atoms with E-state index in [0.717, 1.165) is 38.5 Å². The zero-order valence-corrected chi connectivity index (χ0v) is 15.8. The SMILES string of the molecule is CNC1=C2CCCCCC/C=C/[CH]C/C=C/C=C/C(=O)NC(=CC1=O)C2=O. The van der Waals surface area contributed by atoms with Crippen molar-refractivity contribution in [3.05, 3.63) is 65.9 Å². The number of amides is 1. The third-order valence-electron chi connectivity index (χ3n) is 4.44. The number of rotatable bonds is 1. The highest BCUT2D eigenvalue weighted by Gasteiger charge is 2.28. The lowest BCUT2D eigenvalue weighted by Gasteiger charge is -2.19. The summed E-state index contributed by atoms with van der Waals surface area (Å²) in [5, 5.41) is 5.38. The molecule has 2 aliphatic rings. The average Bonchev–Trinajstić information content (AvgIpc) is 2.64. The molecule has 0 atom stereocenters. The predicted octanol–water partition coefficient (Wildman–Crippen LogP) is 3.23. The molecule has 2 bridgehead atoms. The van der Waals surface area contributed by atoms with Crippen molar-refractivity contribution >= 4 is 17.5 Å². The van der Waals surface area contributed by atoms with Gasteiger partial charge in [-0.05, 0) is 38.5 Å². The second-order valence-electron chi connectivity index (χ2n) is 6.48. The fourth-order valence-electron chi connectivity index (χ4n) is 3.04. The Morgan fingerprint density at radius 1 is 0.963 bits per heavy atom. The average molecular weight is 367 g/mol. The molecule has 0 aromatic rings. The van der Waals surface area contributed by atoms with Crippen molar-refractivity contribution in [2.24, 2.45) is 0 Å². The molecule has 2 rings (SSSR count). The van der Waals surface area contributed by atoms with Gasteiger partial charge in [0.2, 0.25) is 17.5 Å². The Labute approximate surface area is 161 Å². The summed E-state index contributed by atoms with van der Waals surface area (Å²) in [5.41, 5.74) is 0.834. The number of Topliss-reactive ketones (excluding diaryl/α,β-unsaturated/α-hetero) is 1. The molecule has 1 heterocycles. The Bertz CT molecular complexity index is 724. The summed E-state index contributed by atoms with van der Waals surface area (Å²) < 4.78 is 0. The standard InChI is InChI=1S/C22H27N2O3/c1-23-21-17-14-12-10-8-6-4-2-3-5-7-9-11-13-15-20(26)24-18(22(17)27)16-19(21)25/h2-3,5,9,11,13,15-16,23H,4,6-8,10,12,14H2,1H3,(H,24,26)/b3-2+,11-9+,15-13+. The molecule has 1 aliphatic carbocycles. The van der Waals surface area contributed by atoms with Crippen LogP contribution in [-0.2, 0) is 14.4 Å². The molecule has 0 fully saturated rings. The second-order valence-corrected chi connectivity index (χ2v) is 6.48. The van der Waals surface area contributed by atoms with Gasteiger partial charge in [-0.1, -0.05) is 43.2 Å². The third-order valence-corrected chi connectivity index (χ3v) is 4.44. The summed E-state index contributed by atoms with van der Waals surface area (Å²) in [7, 11) is 1.64. The molecule has 2 N–H and O–H groups in total. The van der Waals surface area contributed by atoms with Crippen molar-refractivity contribution in [1.29, 1.82) is 0 Å². The molecule has 5 heteroatoms. The van der Waals surface area contributed by atoms with Crippen molar-refractivity contribution in [2.75, 3.05) is 7.05 Å². The predicted molar refractivity (Wildman–Crippen MR) is 106 cm³/mol. The first kappa shape index (κ1) is 20.6. The van der Waals surface area contributed by atoms with E-state index in [9.17, 15) is 14.4 Å². The lowest BCUT2D eigenvalue weighted by Crippen LogP contribution is -2.34. The number of fused-ring (bicyclic) bond motifs is 2. The normalized spacial score (nSPS) is 24.0. The van der Waals surface area contributed by atoms with Crippen molar-refractivity contribution in [2.45, 2.75) is 44.9 Å². The van der Waals surface area contributed by atoms with Gasteiger partial charge >= 0.3 is 0 Å². The fraction of sp³-hybridized carbons (Fsp3) is 0.364. The maximum absolute atomic E-state index is 12.7. The first-order chi connectivity index (χ1) is 13.1. The molecular weight excluding hydrogens is 340 g/mol. The van der Waals surface area contributed by atoms with Crippen LogP contribution < -0.4 is 10.6 Å². The Balaban J connectivity index is 2.16. The number of carbonyl (C=O) groups is 3. The van der Waals surface area contributed by atoms with E-state index < -0.39 is 5.91 Å². The molecule has 5 nitrogen and oxygen atoms in total. The second kappa shape index (κ2) is 11.1. The topological polar surface area (TPSA) is 75.3 Å². The first-order valence-electron chi connectivity index (χ1n) is 9.47. The molecule has 0 spiro atoms. The van der Waals surface area contributed by atoms with Gasteiger partial charge in [-0.2, -0.15) is 0 Å². The molecule has 1 radical (unpaired) electrons. The van der Waals surface area contributed by atoms with Gasteiger partial charge in [0.05, 0.1) is 11.4 Å². The van der Waals surface area contributed by atoms with Crippen LogP contribution in [0.3, 0.4) is 0 Å². The summed E-state index contributed by atoms with van der Waals surface area (Å²) >= 11 is 0. The summed E-state index contributed by atoms with van der Waals surface area (Å²) in [5.74, 6) is -0.995. The summed E-state index contributed by atoms with van der Waals surface area (Å²) in [6.45, 7) is 0. The minimum absolute atomic E-state index is 0.0445. The zero-order valence-electron chi connectivity index (χ0n) is 15.8. The maximum atomic E-state index is 12.7. The molecule has 0 unspecified atom stereocenters. The van der Waals surface area contributed by atoms with Crippen molar-refractivity contribution in [3.8, 4) is 0 Å². The number of nitrogens with one attached hydrogen (secondary N) is 2. The van der Waals surface area contributed by atoms with E-state index in [1.165, 1.54) is 12.2 Å². The quantitative estimate of drug-likeness (QED) is 0.698. The van der Waals surface area contributed by atoms with E-state index in [2.05, 4.69) is 29.2 Å². The highest BCUT2D eigenvalue weighted by Crippen LogP contribution is 2.22. The first-order valence-corrected chi connectivity index (χ1v) is 9.47. The molecular formula is C22H27N2O3. The van der Waals surface area contributed by atoms with Gasteiger partial charge in [0, 0.05) is 24.8 Å². The van der Waals surface area contributed by atoms with Crippen LogP contribution in [0.15, 0.2) is 59.5 Å². The van der Waals surface area contributed by atoms with E-state index in [0.29, 0.717) is 17.7 Å². The van der Waals surface area contributed by atoms with Crippen LogP contribution in [0.25, 0.3) is 0 Å². The van der Waals surface area contributed by atoms with Gasteiger partial charge in [0.25, 0.3) is 0 Å². The fourth-order valence-corrected chi connectivity index (χ4v) is 3.04. The molecule has 1 amide bonds. The Kier molecular flexibility index (Phi) is 8.49. The van der Waals surface area contributed by atoms with E-state index in [1.807, 2.05) is 6.08 Å². The van der Waals surface area contributed by atoms with Gasteiger partial charge in [-0.25, -0.2) is 0 Å².